The first-order valence-electron chi connectivity index (χ1n) is 1.69. The molecular formula is C2H2N2O2S2. The number of hydrogen-bond acceptors (Lipinski definition) is 5. The molecule has 0 radical (unpaired) electrons. The Bertz CT molecular complexity index is 253. The van der Waals surface area contributed by atoms with Crippen molar-refractivity contribution in [3.63, 3.8) is 0 Å². The van der Waals surface area contributed by atoms with Crippen LogP contribution >= 0.6 is 20.7 Å². The van der Waals surface area contributed by atoms with Crippen LogP contribution in [-0.4, -0.2) is 4.68 Å². The van der Waals surface area contributed by atoms with Crippen molar-refractivity contribution in [1.29, 1.82) is 0 Å². The summed E-state index contributed by atoms with van der Waals surface area (Å²) >= 11 is 0. The third-order valence-corrected chi connectivity index (χ3v) is 2.44. The number of nitrogens with zero attached hydrogens (tertiary/aromatic N) is 1. The van der Waals surface area contributed by atoms with E-state index in [1.54, 1.807) is 0 Å². The highest BCUT2D eigenvalue weighted by Crippen LogP contribution is 1.85. The molecule has 4 nitrogen and oxygen atoms in total. The van der Waals surface area contributed by atoms with Crippen LogP contribution in [0.15, 0.2) is 9.59 Å². The van der Waals surface area contributed by atoms with Crippen molar-refractivity contribution >= 4 is 20.7 Å². The van der Waals surface area contributed by atoms with Gasteiger partial charge in [0.2, 0.25) is 0 Å². The minimum atomic E-state index is -0.403. The molecule has 0 aliphatic rings. The monoisotopic (exact) mass is 150 g/mol. The second-order valence-electron chi connectivity index (χ2n) is 1.07. The fourth-order valence-electron chi connectivity index (χ4n) is 0.226. The van der Waals surface area contributed by atoms with Crippen LogP contribution in [0.5, 0.6) is 0 Å². The van der Waals surface area contributed by atoms with Crippen molar-refractivity contribution in [2.45, 2.75) is 0 Å². The van der Waals surface area contributed by atoms with Crippen LogP contribution in [0.2, 0.25) is 0 Å². The molecule has 0 aliphatic heterocycles. The highest BCUT2D eigenvalue weighted by Gasteiger charge is 1.95. The van der Waals surface area contributed by atoms with E-state index in [-0.39, 0.29) is 0 Å². The van der Waals surface area contributed by atoms with Crippen LogP contribution < -0.4 is 15.6 Å². The van der Waals surface area contributed by atoms with Crippen LogP contribution in [0.25, 0.3) is 0 Å². The zero-order valence-corrected chi connectivity index (χ0v) is 5.29. The summed E-state index contributed by atoms with van der Waals surface area (Å²) in [7, 11) is 1.69. The fourth-order valence-corrected chi connectivity index (χ4v) is 1.66. The average molecular weight is 150 g/mol. The fraction of sp³-hybridized carbons (Fsp3) is 0. The molecule has 8 heavy (non-hydrogen) atoms. The van der Waals surface area contributed by atoms with E-state index in [4.69, 9.17) is 5.84 Å². The van der Waals surface area contributed by atoms with Gasteiger partial charge in [-0.25, -0.2) is 0 Å². The van der Waals surface area contributed by atoms with E-state index in [1.807, 2.05) is 0 Å². The molecule has 0 bridgehead atoms. The van der Waals surface area contributed by atoms with Gasteiger partial charge in [-0.05, 0) is 20.7 Å². The van der Waals surface area contributed by atoms with E-state index < -0.39 is 9.75 Å². The lowest BCUT2D eigenvalue weighted by Gasteiger charge is -1.76. The van der Waals surface area contributed by atoms with E-state index in [0.717, 1.165) is 20.7 Å². The summed E-state index contributed by atoms with van der Waals surface area (Å²) in [5.41, 5.74) is 0. The molecule has 0 fully saturated rings. The Hall–Kier alpha value is -0.620. The maximum Gasteiger partial charge on any atom is 0.339 e. The van der Waals surface area contributed by atoms with Crippen LogP contribution in [0.4, 0.5) is 0 Å². The van der Waals surface area contributed by atoms with Crippen molar-refractivity contribution < 1.29 is 0 Å². The van der Waals surface area contributed by atoms with Gasteiger partial charge in [-0.15, -0.1) is 0 Å². The molecule has 0 spiro atoms. The smallest absolute Gasteiger partial charge is 0.332 e. The predicted octanol–water partition coefficient (Wildman–Crippen LogP) is -0.955. The molecule has 1 heterocycles. The highest BCUT2D eigenvalue weighted by atomic mass is 32.9. The van der Waals surface area contributed by atoms with E-state index in [2.05, 4.69) is 0 Å². The van der Waals surface area contributed by atoms with Gasteiger partial charge in [0.15, 0.2) is 0 Å². The van der Waals surface area contributed by atoms with Crippen LogP contribution in [-0.2, 0) is 0 Å². The van der Waals surface area contributed by atoms with Crippen molar-refractivity contribution in [1.82, 2.24) is 4.68 Å². The topological polar surface area (TPSA) is 65.1 Å². The molecule has 0 saturated heterocycles. The maximum absolute atomic E-state index is 10.3. The van der Waals surface area contributed by atoms with Crippen LogP contribution in [0.1, 0.15) is 0 Å². The van der Waals surface area contributed by atoms with Gasteiger partial charge in [0.1, 0.15) is 0 Å². The molecule has 0 aromatic carbocycles. The third-order valence-electron chi connectivity index (χ3n) is 0.578. The van der Waals surface area contributed by atoms with Gasteiger partial charge in [-0.3, -0.25) is 9.59 Å². The van der Waals surface area contributed by atoms with E-state index in [1.165, 1.54) is 0 Å². The van der Waals surface area contributed by atoms with Gasteiger partial charge >= 0.3 is 9.75 Å². The lowest BCUT2D eigenvalue weighted by atomic mass is 11.3. The van der Waals surface area contributed by atoms with Gasteiger partial charge in [0.05, 0.1) is 0 Å². The zero-order valence-electron chi connectivity index (χ0n) is 3.66. The summed E-state index contributed by atoms with van der Waals surface area (Å²) in [4.78, 5) is 19.8. The molecule has 0 aliphatic carbocycles. The first kappa shape index (κ1) is 5.52. The molecule has 6 heteroatoms. The molecular weight excluding hydrogens is 148 g/mol. The first-order valence-corrected chi connectivity index (χ1v) is 3.84. The molecule has 0 unspecified atom stereocenters. The van der Waals surface area contributed by atoms with E-state index in [9.17, 15) is 9.59 Å². The highest BCUT2D eigenvalue weighted by molar-refractivity contribution is 7.67. The summed E-state index contributed by atoms with van der Waals surface area (Å²) in [6.45, 7) is 0. The summed E-state index contributed by atoms with van der Waals surface area (Å²) in [6.07, 6.45) is 0. The summed E-state index contributed by atoms with van der Waals surface area (Å²) in [5.74, 6) is 4.91. The second-order valence-corrected chi connectivity index (χ2v) is 3.10. The summed E-state index contributed by atoms with van der Waals surface area (Å²) in [5, 5.41) is 0. The summed E-state index contributed by atoms with van der Waals surface area (Å²) in [6, 6.07) is 0. The molecule has 0 amide bonds. The number of nitrogens with two attached hydrogens (primary N) is 1. The second kappa shape index (κ2) is 1.71. The zero-order chi connectivity index (χ0) is 6.15. The number of aromatic nitrogens is 1. The van der Waals surface area contributed by atoms with E-state index >= 15 is 0 Å². The van der Waals surface area contributed by atoms with Gasteiger partial charge in [-0.2, -0.15) is 4.68 Å². The van der Waals surface area contributed by atoms with Crippen LogP contribution in [0.3, 0.4) is 0 Å². The number of hydrogen-bond donors (Lipinski definition) is 1. The Morgan fingerprint density at radius 1 is 1.25 bits per heavy atom. The Labute approximate surface area is 51.2 Å². The third kappa shape index (κ3) is 0.673. The van der Waals surface area contributed by atoms with Crippen molar-refractivity contribution in [2.75, 3.05) is 5.84 Å². The van der Waals surface area contributed by atoms with Crippen molar-refractivity contribution in [3.05, 3.63) is 19.3 Å². The summed E-state index contributed by atoms with van der Waals surface area (Å²) < 4.78 is 0.593. The standard InChI is InChI=1S/C2H2N2O2S2/c3-4-1(5)7-8-2(4)6/h3H2. The van der Waals surface area contributed by atoms with Gasteiger partial charge < -0.3 is 5.84 Å². The molecule has 2 N–H and O–H groups in total. The Morgan fingerprint density at radius 2 is 1.62 bits per heavy atom. The lowest BCUT2D eigenvalue weighted by Crippen LogP contribution is -2.31. The van der Waals surface area contributed by atoms with Crippen molar-refractivity contribution in [3.8, 4) is 0 Å². The molecule has 0 saturated carbocycles. The molecule has 0 atom stereocenters. The van der Waals surface area contributed by atoms with Crippen LogP contribution in [0, 0.1) is 0 Å². The average Bonchev–Trinajstić information content (AvgIpc) is 1.98. The molecule has 1 rings (SSSR count). The molecule has 1 aromatic heterocycles. The van der Waals surface area contributed by atoms with Gasteiger partial charge in [-0.1, -0.05) is 0 Å². The molecule has 44 valence electrons. The normalized spacial score (nSPS) is 9.50. The first-order chi connectivity index (χ1) is 3.72. The SMILES string of the molecule is Nn1c(=O)ssc1=O. The van der Waals surface area contributed by atoms with Crippen molar-refractivity contribution in [2.24, 2.45) is 0 Å². The Kier molecular flexibility index (Phi) is 1.18. The molecule has 1 aromatic rings. The maximum atomic E-state index is 10.3. The Balaban J connectivity index is 3.66. The van der Waals surface area contributed by atoms with Gasteiger partial charge in [0, 0.05) is 0 Å². The van der Waals surface area contributed by atoms with Gasteiger partial charge in [0.25, 0.3) is 0 Å². The predicted molar refractivity (Wildman–Crippen MR) is 32.9 cm³/mol. The number of rotatable bonds is 0. The minimum absolute atomic E-state index is 0.403. The minimum Gasteiger partial charge on any atom is -0.332 e. The lowest BCUT2D eigenvalue weighted by molar-refractivity contribution is 0.951. The Morgan fingerprint density at radius 3 is 1.75 bits per heavy atom. The number of nitrogen functional groups attached to an aromatic ring is 1. The largest absolute Gasteiger partial charge is 0.339 e. The quantitative estimate of drug-likeness (QED) is 0.383. The van der Waals surface area contributed by atoms with E-state index in [0.29, 0.717) is 4.68 Å².